The lowest BCUT2D eigenvalue weighted by Crippen LogP contribution is -2.16. The molecule has 102 valence electrons. The minimum atomic E-state index is -2.84. The van der Waals surface area contributed by atoms with Crippen LogP contribution in [-0.2, 0) is 5.41 Å². The fourth-order valence-corrected chi connectivity index (χ4v) is 2.10. The molecule has 0 radical (unpaired) electrons. The normalized spacial score (nSPS) is 12.2. The van der Waals surface area contributed by atoms with E-state index in [1.807, 2.05) is 39.8 Å². The van der Waals surface area contributed by atoms with Crippen molar-refractivity contribution >= 4 is 10.9 Å². The number of hydrogen-bond donors (Lipinski definition) is 0. The summed E-state index contributed by atoms with van der Waals surface area (Å²) in [5, 5.41) is 0.632. The van der Waals surface area contributed by atoms with Gasteiger partial charge in [0.15, 0.2) is 0 Å². The molecule has 0 aliphatic heterocycles. The lowest BCUT2D eigenvalue weighted by Gasteiger charge is -2.23. The molecule has 1 aromatic carbocycles. The quantitative estimate of drug-likeness (QED) is 0.800. The molecular formula is C15H17F2NO. The van der Waals surface area contributed by atoms with Crippen molar-refractivity contribution in [2.24, 2.45) is 0 Å². The molecule has 0 amide bonds. The Morgan fingerprint density at radius 3 is 2.47 bits per heavy atom. The highest BCUT2D eigenvalue weighted by atomic mass is 19.3. The Labute approximate surface area is 111 Å². The van der Waals surface area contributed by atoms with Crippen LogP contribution < -0.4 is 4.74 Å². The van der Waals surface area contributed by atoms with Crippen molar-refractivity contribution in [3.05, 3.63) is 35.5 Å². The predicted molar refractivity (Wildman–Crippen MR) is 71.8 cm³/mol. The number of ether oxygens (including phenoxy) is 1. The fraction of sp³-hybridized carbons (Fsp3) is 0.400. The fourth-order valence-electron chi connectivity index (χ4n) is 2.10. The lowest BCUT2D eigenvalue weighted by molar-refractivity contribution is -0.0498. The Hall–Kier alpha value is -1.71. The first-order valence-electron chi connectivity index (χ1n) is 6.14. The molecule has 1 heterocycles. The number of aryl methyl sites for hydroxylation is 1. The molecule has 0 bridgehead atoms. The van der Waals surface area contributed by atoms with Gasteiger partial charge in [0, 0.05) is 17.1 Å². The first-order valence-corrected chi connectivity index (χ1v) is 6.14. The Bertz CT molecular complexity index is 603. The van der Waals surface area contributed by atoms with Crippen LogP contribution in [0.4, 0.5) is 8.78 Å². The van der Waals surface area contributed by atoms with Crippen LogP contribution >= 0.6 is 0 Å². The summed E-state index contributed by atoms with van der Waals surface area (Å²) < 4.78 is 30.1. The Morgan fingerprint density at radius 2 is 1.89 bits per heavy atom. The Balaban J connectivity index is 2.77. The second kappa shape index (κ2) is 4.76. The number of pyridine rings is 1. The van der Waals surface area contributed by atoms with Crippen molar-refractivity contribution in [3.8, 4) is 5.75 Å². The van der Waals surface area contributed by atoms with Gasteiger partial charge in [0.1, 0.15) is 5.75 Å². The molecule has 0 atom stereocenters. The zero-order chi connectivity index (χ0) is 14.2. The second-order valence-corrected chi connectivity index (χ2v) is 5.60. The Kier molecular flexibility index (Phi) is 3.43. The molecule has 1 aromatic heterocycles. The van der Waals surface area contributed by atoms with Crippen LogP contribution in [0.2, 0.25) is 0 Å². The van der Waals surface area contributed by atoms with Crippen molar-refractivity contribution in [2.75, 3.05) is 0 Å². The van der Waals surface area contributed by atoms with Crippen LogP contribution in [0.15, 0.2) is 24.4 Å². The van der Waals surface area contributed by atoms with Gasteiger partial charge in [-0.25, -0.2) is 0 Å². The molecule has 0 spiro atoms. The Morgan fingerprint density at radius 1 is 1.21 bits per heavy atom. The van der Waals surface area contributed by atoms with E-state index in [1.165, 1.54) is 0 Å². The van der Waals surface area contributed by atoms with Crippen molar-refractivity contribution in [2.45, 2.75) is 39.7 Å². The molecule has 0 saturated heterocycles. The highest BCUT2D eigenvalue weighted by Crippen LogP contribution is 2.37. The van der Waals surface area contributed by atoms with Gasteiger partial charge >= 0.3 is 6.61 Å². The molecule has 0 N–H and O–H groups in total. The number of para-hydroxylation sites is 1. The number of halogens is 2. The first-order chi connectivity index (χ1) is 8.80. The number of rotatable bonds is 2. The number of nitrogens with zero attached hydrogens (tertiary/aromatic N) is 1. The minimum Gasteiger partial charge on any atom is -0.434 e. The molecule has 19 heavy (non-hydrogen) atoms. The molecule has 4 heteroatoms. The number of alkyl halides is 2. The summed E-state index contributed by atoms with van der Waals surface area (Å²) in [5.74, 6) is 0.233. The second-order valence-electron chi connectivity index (χ2n) is 5.60. The van der Waals surface area contributed by atoms with Gasteiger partial charge in [-0.3, -0.25) is 4.98 Å². The van der Waals surface area contributed by atoms with Crippen LogP contribution in [0.1, 0.15) is 31.9 Å². The third kappa shape index (κ3) is 2.67. The number of hydrogen-bond acceptors (Lipinski definition) is 2. The van der Waals surface area contributed by atoms with Crippen LogP contribution in [-0.4, -0.2) is 11.6 Å². The zero-order valence-electron chi connectivity index (χ0n) is 11.5. The van der Waals surface area contributed by atoms with Gasteiger partial charge in [-0.15, -0.1) is 0 Å². The van der Waals surface area contributed by atoms with Gasteiger partial charge in [-0.2, -0.15) is 8.78 Å². The largest absolute Gasteiger partial charge is 0.434 e. The monoisotopic (exact) mass is 265 g/mol. The summed E-state index contributed by atoms with van der Waals surface area (Å²) in [6.07, 6.45) is 1.63. The van der Waals surface area contributed by atoms with Gasteiger partial charge in [0.05, 0.1) is 5.52 Å². The van der Waals surface area contributed by atoms with Crippen LogP contribution in [0.25, 0.3) is 10.9 Å². The van der Waals surface area contributed by atoms with E-state index in [-0.39, 0.29) is 11.2 Å². The van der Waals surface area contributed by atoms with Crippen molar-refractivity contribution in [3.63, 3.8) is 0 Å². The maximum atomic E-state index is 12.7. The van der Waals surface area contributed by atoms with Gasteiger partial charge in [0.2, 0.25) is 0 Å². The van der Waals surface area contributed by atoms with Gasteiger partial charge in [-0.1, -0.05) is 32.9 Å². The highest BCUT2D eigenvalue weighted by molar-refractivity contribution is 5.88. The van der Waals surface area contributed by atoms with Crippen molar-refractivity contribution < 1.29 is 13.5 Å². The third-order valence-corrected chi connectivity index (χ3v) is 3.06. The molecule has 0 aliphatic rings. The van der Waals surface area contributed by atoms with E-state index >= 15 is 0 Å². The van der Waals surface area contributed by atoms with E-state index in [0.29, 0.717) is 16.5 Å². The lowest BCUT2D eigenvalue weighted by atomic mass is 9.86. The molecule has 0 aliphatic carbocycles. The molecule has 2 nitrogen and oxygen atoms in total. The van der Waals surface area contributed by atoms with Gasteiger partial charge < -0.3 is 4.74 Å². The minimum absolute atomic E-state index is 0.233. The first kappa shape index (κ1) is 13.7. The average Bonchev–Trinajstić information content (AvgIpc) is 2.28. The standard InChI is InChI=1S/C15H17F2NO/c1-9-6-5-7-10-12(9)18-8-11(15(2,3)4)13(10)19-14(16)17/h5-8,14H,1-4H3. The molecule has 0 unspecified atom stereocenters. The summed E-state index contributed by atoms with van der Waals surface area (Å²) in [6, 6.07) is 5.49. The van der Waals surface area contributed by atoms with E-state index in [9.17, 15) is 8.78 Å². The van der Waals surface area contributed by atoms with Crippen molar-refractivity contribution in [1.82, 2.24) is 4.98 Å². The van der Waals surface area contributed by atoms with Crippen molar-refractivity contribution in [1.29, 1.82) is 0 Å². The molecule has 2 aromatic rings. The SMILES string of the molecule is Cc1cccc2c(OC(F)F)c(C(C)(C)C)cnc12. The number of aromatic nitrogens is 1. The van der Waals surface area contributed by atoms with E-state index < -0.39 is 6.61 Å². The predicted octanol–water partition coefficient (Wildman–Crippen LogP) is 4.44. The van der Waals surface area contributed by atoms with Crippen LogP contribution in [0, 0.1) is 6.92 Å². The maximum absolute atomic E-state index is 12.7. The van der Waals surface area contributed by atoms with Crippen LogP contribution in [0.5, 0.6) is 5.75 Å². The summed E-state index contributed by atoms with van der Waals surface area (Å²) in [4.78, 5) is 4.39. The number of benzene rings is 1. The van der Waals surface area contributed by atoms with E-state index in [2.05, 4.69) is 4.98 Å². The molecule has 2 rings (SSSR count). The number of fused-ring (bicyclic) bond motifs is 1. The third-order valence-electron chi connectivity index (χ3n) is 3.06. The molecule has 0 saturated carbocycles. The van der Waals surface area contributed by atoms with Gasteiger partial charge in [-0.05, 0) is 24.0 Å². The van der Waals surface area contributed by atoms with E-state index in [1.54, 1.807) is 12.3 Å². The van der Waals surface area contributed by atoms with E-state index in [0.717, 1.165) is 5.56 Å². The maximum Gasteiger partial charge on any atom is 0.387 e. The summed E-state index contributed by atoms with van der Waals surface area (Å²) in [6.45, 7) is 4.91. The summed E-state index contributed by atoms with van der Waals surface area (Å²) >= 11 is 0. The smallest absolute Gasteiger partial charge is 0.387 e. The highest BCUT2D eigenvalue weighted by Gasteiger charge is 2.24. The summed E-state index contributed by atoms with van der Waals surface area (Å²) in [5.41, 5.74) is 2.02. The summed E-state index contributed by atoms with van der Waals surface area (Å²) in [7, 11) is 0. The van der Waals surface area contributed by atoms with Crippen LogP contribution in [0.3, 0.4) is 0 Å². The molecule has 0 fully saturated rings. The topological polar surface area (TPSA) is 22.1 Å². The zero-order valence-corrected chi connectivity index (χ0v) is 11.5. The molecular weight excluding hydrogens is 248 g/mol. The van der Waals surface area contributed by atoms with Gasteiger partial charge in [0.25, 0.3) is 0 Å². The average molecular weight is 265 g/mol. The van der Waals surface area contributed by atoms with E-state index in [4.69, 9.17) is 4.74 Å².